The SMILES string of the molecule is CCCCCCCCCC(=O)NCCC(=O)N[C@@H](CCCCN)C(=O)N[C@H](C(=O)N[C@@H](N)C(=O)NC1(C(=O)NC(C)C(=O)C(=O)NC)C[C@H]1C(N)=O)[C@@H](C)O. The Morgan fingerprint density at radius 3 is 1.98 bits per heavy atom. The van der Waals surface area contributed by atoms with E-state index < -0.39 is 89.0 Å². The van der Waals surface area contributed by atoms with E-state index in [0.717, 1.165) is 32.1 Å². The lowest BCUT2D eigenvalue weighted by Gasteiger charge is -2.27. The van der Waals surface area contributed by atoms with Gasteiger partial charge in [0.05, 0.1) is 18.1 Å². The molecule has 7 atom stereocenters. The van der Waals surface area contributed by atoms with E-state index in [4.69, 9.17) is 17.2 Å². The van der Waals surface area contributed by atoms with Crippen LogP contribution >= 0.6 is 0 Å². The summed E-state index contributed by atoms with van der Waals surface area (Å²) in [6, 6.07) is -4.15. The first kappa shape index (κ1) is 48.3. The van der Waals surface area contributed by atoms with Gasteiger partial charge in [-0.2, -0.15) is 0 Å². The molecule has 8 amide bonds. The fraction of sp³-hybridized carbons (Fsp3) is 0.743. The largest absolute Gasteiger partial charge is 0.391 e. The van der Waals surface area contributed by atoms with E-state index in [1.807, 2.05) is 0 Å². The van der Waals surface area contributed by atoms with Crippen molar-refractivity contribution in [3.05, 3.63) is 0 Å². The van der Waals surface area contributed by atoms with Crippen LogP contribution in [0.5, 0.6) is 0 Å². The van der Waals surface area contributed by atoms with Crippen LogP contribution in [-0.2, 0) is 43.2 Å². The summed E-state index contributed by atoms with van der Waals surface area (Å²) in [4.78, 5) is 113. The number of rotatable bonds is 28. The number of Topliss-reactive ketones (excluding diaryl/α,β-unsaturated/α-hetero) is 1. The lowest BCUT2D eigenvalue weighted by Crippen LogP contribution is -2.64. The van der Waals surface area contributed by atoms with E-state index in [0.29, 0.717) is 25.8 Å². The predicted octanol–water partition coefficient (Wildman–Crippen LogP) is -3.31. The van der Waals surface area contributed by atoms with Crippen LogP contribution in [0.3, 0.4) is 0 Å². The van der Waals surface area contributed by atoms with Crippen LogP contribution in [0.15, 0.2) is 0 Å². The number of carbonyl (C=O) groups is 9. The number of carbonyl (C=O) groups excluding carboxylic acids is 9. The van der Waals surface area contributed by atoms with Crippen molar-refractivity contribution in [1.82, 2.24) is 37.2 Å². The van der Waals surface area contributed by atoms with Crippen molar-refractivity contribution in [2.45, 2.75) is 140 Å². The minimum Gasteiger partial charge on any atom is -0.391 e. The van der Waals surface area contributed by atoms with Crippen LogP contribution in [0.25, 0.3) is 0 Å². The first-order valence-electron chi connectivity index (χ1n) is 18.9. The maximum Gasteiger partial charge on any atom is 0.289 e. The first-order valence-corrected chi connectivity index (χ1v) is 18.9. The molecule has 0 bridgehead atoms. The summed E-state index contributed by atoms with van der Waals surface area (Å²) in [6.07, 6.45) is 5.10. The van der Waals surface area contributed by atoms with Crippen molar-refractivity contribution < 1.29 is 48.3 Å². The molecule has 0 spiro atoms. The number of likely N-dealkylation sites (N-methyl/N-ethyl adjacent to an activating group) is 1. The number of nitrogens with one attached hydrogen (secondary N) is 7. The Bertz CT molecular complexity index is 1360. The Kier molecular flexibility index (Phi) is 21.7. The smallest absolute Gasteiger partial charge is 0.289 e. The average Bonchev–Trinajstić information content (AvgIpc) is 3.87. The molecular weight excluding hydrogens is 720 g/mol. The lowest BCUT2D eigenvalue weighted by molar-refractivity contribution is -0.140. The second-order valence-corrected chi connectivity index (χ2v) is 13.8. The van der Waals surface area contributed by atoms with Gasteiger partial charge in [0.15, 0.2) is 6.17 Å². The Morgan fingerprint density at radius 1 is 0.782 bits per heavy atom. The van der Waals surface area contributed by atoms with Crippen LogP contribution in [0, 0.1) is 5.92 Å². The Hall–Kier alpha value is -4.69. The van der Waals surface area contributed by atoms with Gasteiger partial charge in [-0.25, -0.2) is 0 Å². The van der Waals surface area contributed by atoms with Gasteiger partial charge in [0.25, 0.3) is 11.8 Å². The molecule has 0 saturated heterocycles. The van der Waals surface area contributed by atoms with E-state index in [-0.39, 0.29) is 31.7 Å². The zero-order chi connectivity index (χ0) is 41.7. The van der Waals surface area contributed by atoms with Crippen LogP contribution in [0.1, 0.15) is 104 Å². The molecule has 1 rings (SSSR count). The molecule has 0 aromatic rings. The number of unbranched alkanes of at least 4 members (excludes halogenated alkanes) is 7. The van der Waals surface area contributed by atoms with Gasteiger partial charge < -0.3 is 59.5 Å². The summed E-state index contributed by atoms with van der Waals surface area (Å²) in [5.41, 5.74) is 14.9. The summed E-state index contributed by atoms with van der Waals surface area (Å²) in [5.74, 6) is -8.96. The van der Waals surface area contributed by atoms with Gasteiger partial charge in [0, 0.05) is 26.4 Å². The second-order valence-electron chi connectivity index (χ2n) is 13.8. The maximum absolute atomic E-state index is 13.3. The molecule has 2 unspecified atom stereocenters. The zero-order valence-electron chi connectivity index (χ0n) is 32.4. The summed E-state index contributed by atoms with van der Waals surface area (Å²) >= 11 is 0. The van der Waals surface area contributed by atoms with Crippen molar-refractivity contribution in [2.75, 3.05) is 20.1 Å². The molecule has 20 heteroatoms. The van der Waals surface area contributed by atoms with Gasteiger partial charge in [0.2, 0.25) is 41.2 Å². The van der Waals surface area contributed by atoms with E-state index in [2.05, 4.69) is 44.1 Å². The number of hydrogen-bond acceptors (Lipinski definition) is 12. The molecule has 55 heavy (non-hydrogen) atoms. The third-order valence-electron chi connectivity index (χ3n) is 9.17. The maximum atomic E-state index is 13.3. The molecule has 1 saturated carbocycles. The number of nitrogens with two attached hydrogens (primary N) is 3. The first-order chi connectivity index (χ1) is 25.9. The van der Waals surface area contributed by atoms with Crippen LogP contribution in [0.4, 0.5) is 0 Å². The zero-order valence-corrected chi connectivity index (χ0v) is 32.4. The molecule has 0 aromatic carbocycles. The van der Waals surface area contributed by atoms with Gasteiger partial charge in [-0.05, 0) is 52.5 Å². The number of amides is 8. The fourth-order valence-electron chi connectivity index (χ4n) is 5.70. The van der Waals surface area contributed by atoms with Gasteiger partial charge in [-0.1, -0.05) is 45.4 Å². The average molecular weight is 783 g/mol. The highest BCUT2D eigenvalue weighted by Crippen LogP contribution is 2.43. The van der Waals surface area contributed by atoms with Gasteiger partial charge in [0.1, 0.15) is 17.6 Å². The number of aliphatic hydroxyl groups excluding tert-OH is 1. The van der Waals surface area contributed by atoms with Crippen molar-refractivity contribution >= 4 is 53.0 Å². The Balaban J connectivity index is 2.84. The topological polar surface area (TPSA) is 336 Å². The number of hydrogen-bond donors (Lipinski definition) is 11. The highest BCUT2D eigenvalue weighted by atomic mass is 16.3. The number of ketones is 1. The third-order valence-corrected chi connectivity index (χ3v) is 9.17. The third kappa shape index (κ3) is 16.7. The minimum atomic E-state index is -1.94. The molecule has 0 radical (unpaired) electrons. The van der Waals surface area contributed by atoms with Gasteiger partial charge in [-0.15, -0.1) is 0 Å². The number of aliphatic hydroxyl groups is 1. The Morgan fingerprint density at radius 2 is 1.42 bits per heavy atom. The molecule has 14 N–H and O–H groups in total. The van der Waals surface area contributed by atoms with Crippen molar-refractivity contribution in [1.29, 1.82) is 0 Å². The molecule has 0 heterocycles. The van der Waals surface area contributed by atoms with Crippen molar-refractivity contribution in [3.8, 4) is 0 Å². The van der Waals surface area contributed by atoms with Crippen molar-refractivity contribution in [2.24, 2.45) is 23.1 Å². The predicted molar refractivity (Wildman–Crippen MR) is 200 cm³/mol. The highest BCUT2D eigenvalue weighted by Gasteiger charge is 2.64. The quantitative estimate of drug-likeness (QED) is 0.0211. The van der Waals surface area contributed by atoms with E-state index in [1.54, 1.807) is 0 Å². The van der Waals surface area contributed by atoms with Crippen LogP contribution in [0.2, 0.25) is 0 Å². The summed E-state index contributed by atoms with van der Waals surface area (Å²) < 4.78 is 0. The van der Waals surface area contributed by atoms with E-state index >= 15 is 0 Å². The minimum absolute atomic E-state index is 0.0489. The Labute approximate surface area is 321 Å². The molecule has 312 valence electrons. The van der Waals surface area contributed by atoms with Gasteiger partial charge >= 0.3 is 0 Å². The monoisotopic (exact) mass is 782 g/mol. The van der Waals surface area contributed by atoms with Gasteiger partial charge in [-0.3, -0.25) is 43.2 Å². The summed E-state index contributed by atoms with van der Waals surface area (Å²) in [7, 11) is 1.22. The van der Waals surface area contributed by atoms with E-state index in [9.17, 15) is 48.3 Å². The molecule has 0 aromatic heterocycles. The fourth-order valence-corrected chi connectivity index (χ4v) is 5.70. The van der Waals surface area contributed by atoms with Crippen LogP contribution in [-0.4, -0.2) is 114 Å². The van der Waals surface area contributed by atoms with Crippen LogP contribution < -0.4 is 54.4 Å². The second kappa shape index (κ2) is 24.7. The molecule has 0 aliphatic heterocycles. The molecule has 1 aliphatic rings. The summed E-state index contributed by atoms with van der Waals surface area (Å²) in [5, 5.41) is 26.8. The molecule has 20 nitrogen and oxygen atoms in total. The summed E-state index contributed by atoms with van der Waals surface area (Å²) in [6.45, 7) is 4.93. The lowest BCUT2D eigenvalue weighted by atomic mass is 10.1. The standard InChI is InChI=1S/C35H62N10O10/c1-5-6-7-8-9-10-11-15-24(47)40-18-16-25(48)42-23(14-12-13-17-36)30(51)43-26(21(3)46)31(52)44-28(37)33(54)45-35(19-22(35)29(38)50)34(55)41-20(2)27(49)32(53)39-4/h20-23,26,28,46H,5-19,36-37H2,1-4H3,(H2,38,50)(H,39,53)(H,40,47)(H,41,55)(H,42,48)(H,43,51)(H,44,52)(H,45,54)/t20?,21-,22+,23+,26+,28-,35?/m1/s1. The van der Waals surface area contributed by atoms with Crippen molar-refractivity contribution in [3.63, 3.8) is 0 Å². The number of primary amides is 1. The highest BCUT2D eigenvalue weighted by molar-refractivity contribution is 6.38. The molecular formula is C35H62N10O10. The molecule has 1 fully saturated rings. The van der Waals surface area contributed by atoms with E-state index in [1.165, 1.54) is 33.7 Å². The normalized spacial score (nSPS) is 18.6. The molecule has 1 aliphatic carbocycles.